The highest BCUT2D eigenvalue weighted by Crippen LogP contribution is 2.35. The highest BCUT2D eigenvalue weighted by atomic mass is 16.5. The molecule has 3 rings (SSSR count). The van der Waals surface area contributed by atoms with Gasteiger partial charge in [0.15, 0.2) is 0 Å². The topological polar surface area (TPSA) is 71.2 Å². The number of amides is 1. The fourth-order valence-corrected chi connectivity index (χ4v) is 2.35. The second-order valence-electron chi connectivity index (χ2n) is 5.07. The number of anilines is 1. The number of carbonyl (C=O) groups excluding carboxylic acids is 2. The van der Waals surface area contributed by atoms with Gasteiger partial charge < -0.3 is 15.0 Å². The molecule has 0 unspecified atom stereocenters. The van der Waals surface area contributed by atoms with Crippen LogP contribution in [0.5, 0.6) is 5.75 Å². The van der Waals surface area contributed by atoms with Crippen molar-refractivity contribution in [1.82, 2.24) is 4.98 Å². The zero-order valence-corrected chi connectivity index (χ0v) is 12.2. The Morgan fingerprint density at radius 1 is 1.32 bits per heavy atom. The number of fused-ring (bicyclic) bond motifs is 1. The lowest BCUT2D eigenvalue weighted by Gasteiger charge is -2.05. The van der Waals surface area contributed by atoms with Crippen LogP contribution in [0.2, 0.25) is 0 Å². The number of esters is 1. The third kappa shape index (κ3) is 2.79. The summed E-state index contributed by atoms with van der Waals surface area (Å²) in [4.78, 5) is 26.7. The zero-order chi connectivity index (χ0) is 15.5. The molecule has 1 aliphatic rings. The van der Waals surface area contributed by atoms with Crippen molar-refractivity contribution in [2.45, 2.75) is 19.8 Å². The molecule has 22 heavy (non-hydrogen) atoms. The molecule has 1 amide bonds. The van der Waals surface area contributed by atoms with E-state index in [1.54, 1.807) is 30.5 Å². The normalized spacial score (nSPS) is 14.8. The summed E-state index contributed by atoms with van der Waals surface area (Å²) in [5, 5.41) is 2.80. The lowest BCUT2D eigenvalue weighted by molar-refractivity contribution is -0.134. The number of aromatic amines is 1. The molecule has 0 saturated heterocycles. The van der Waals surface area contributed by atoms with Crippen LogP contribution in [0.25, 0.3) is 11.6 Å². The highest BCUT2D eigenvalue weighted by molar-refractivity contribution is 6.34. The number of aromatic nitrogens is 1. The summed E-state index contributed by atoms with van der Waals surface area (Å²) < 4.78 is 5.29. The Kier molecular flexibility index (Phi) is 3.78. The first kappa shape index (κ1) is 14.1. The van der Waals surface area contributed by atoms with Gasteiger partial charge in [-0.1, -0.05) is 6.92 Å². The highest BCUT2D eigenvalue weighted by Gasteiger charge is 2.25. The number of nitrogens with one attached hydrogen (secondary N) is 2. The van der Waals surface area contributed by atoms with E-state index >= 15 is 0 Å². The molecule has 1 aromatic heterocycles. The van der Waals surface area contributed by atoms with E-state index in [1.165, 1.54) is 0 Å². The van der Waals surface area contributed by atoms with Crippen LogP contribution in [0.1, 0.15) is 31.0 Å². The van der Waals surface area contributed by atoms with Crippen molar-refractivity contribution in [3.05, 3.63) is 47.8 Å². The minimum absolute atomic E-state index is 0.165. The van der Waals surface area contributed by atoms with Crippen molar-refractivity contribution in [1.29, 1.82) is 0 Å². The van der Waals surface area contributed by atoms with E-state index in [0.717, 1.165) is 23.4 Å². The van der Waals surface area contributed by atoms with Gasteiger partial charge in [0.1, 0.15) is 5.75 Å². The first-order chi connectivity index (χ1) is 10.7. The number of carbonyl (C=O) groups is 2. The van der Waals surface area contributed by atoms with E-state index in [2.05, 4.69) is 10.3 Å². The van der Waals surface area contributed by atoms with Crippen LogP contribution in [0.3, 0.4) is 0 Å². The second-order valence-corrected chi connectivity index (χ2v) is 5.07. The molecule has 2 aromatic rings. The summed E-state index contributed by atoms with van der Waals surface area (Å²) in [6, 6.07) is 8.89. The molecule has 0 bridgehead atoms. The Morgan fingerprint density at radius 2 is 2.18 bits per heavy atom. The Morgan fingerprint density at radius 3 is 2.91 bits per heavy atom. The molecule has 0 aliphatic carbocycles. The van der Waals surface area contributed by atoms with Gasteiger partial charge >= 0.3 is 5.97 Å². The first-order valence-corrected chi connectivity index (χ1v) is 7.19. The van der Waals surface area contributed by atoms with Crippen molar-refractivity contribution in [3.63, 3.8) is 0 Å². The first-order valence-electron chi connectivity index (χ1n) is 7.19. The molecule has 0 fully saturated rings. The van der Waals surface area contributed by atoms with Crippen LogP contribution in [0, 0.1) is 0 Å². The summed E-state index contributed by atoms with van der Waals surface area (Å²) in [5.74, 6) is 0.0161. The maximum atomic E-state index is 12.1. The number of H-pyrrole nitrogens is 1. The van der Waals surface area contributed by atoms with Crippen LogP contribution in [0.15, 0.2) is 36.5 Å². The number of hydrogen-bond acceptors (Lipinski definition) is 3. The fraction of sp³-hybridized carbons (Fsp3) is 0.176. The van der Waals surface area contributed by atoms with Crippen LogP contribution < -0.4 is 10.1 Å². The van der Waals surface area contributed by atoms with E-state index in [0.29, 0.717) is 17.7 Å². The van der Waals surface area contributed by atoms with E-state index in [4.69, 9.17) is 4.74 Å². The number of hydrogen-bond donors (Lipinski definition) is 2. The maximum absolute atomic E-state index is 12.1. The average Bonchev–Trinajstić information content (AvgIpc) is 3.09. The van der Waals surface area contributed by atoms with Crippen molar-refractivity contribution >= 4 is 29.2 Å². The third-order valence-electron chi connectivity index (χ3n) is 3.38. The molecule has 0 radical (unpaired) electrons. The summed E-state index contributed by atoms with van der Waals surface area (Å²) in [7, 11) is 0. The summed E-state index contributed by atoms with van der Waals surface area (Å²) in [6.45, 7) is 1.92. The summed E-state index contributed by atoms with van der Waals surface area (Å²) in [5.41, 5.74) is 2.84. The van der Waals surface area contributed by atoms with E-state index in [1.807, 2.05) is 19.1 Å². The molecule has 2 N–H and O–H groups in total. The van der Waals surface area contributed by atoms with Gasteiger partial charge in [0, 0.05) is 29.6 Å². The van der Waals surface area contributed by atoms with Gasteiger partial charge in [-0.25, -0.2) is 0 Å². The molecule has 5 heteroatoms. The Labute approximate surface area is 128 Å². The molecule has 1 aliphatic heterocycles. The third-order valence-corrected chi connectivity index (χ3v) is 3.38. The van der Waals surface area contributed by atoms with E-state index < -0.39 is 0 Å². The Hall–Kier alpha value is -2.82. The SMILES string of the molecule is CCCC(=O)Oc1ccc2c(c1)C(=Cc1ccc[nH]1)C(=O)N2. The average molecular weight is 296 g/mol. The van der Waals surface area contributed by atoms with Gasteiger partial charge in [-0.3, -0.25) is 9.59 Å². The molecule has 2 heterocycles. The number of ether oxygens (including phenoxy) is 1. The second kappa shape index (κ2) is 5.89. The lowest BCUT2D eigenvalue weighted by atomic mass is 10.1. The van der Waals surface area contributed by atoms with Crippen molar-refractivity contribution in [2.24, 2.45) is 0 Å². The van der Waals surface area contributed by atoms with Crippen molar-refractivity contribution in [2.75, 3.05) is 5.32 Å². The predicted octanol–water partition coefficient (Wildman–Crippen LogP) is 3.21. The van der Waals surface area contributed by atoms with Gasteiger partial charge in [-0.15, -0.1) is 0 Å². The van der Waals surface area contributed by atoms with Gasteiger partial charge in [-0.2, -0.15) is 0 Å². The van der Waals surface area contributed by atoms with Gasteiger partial charge in [0.05, 0.1) is 5.57 Å². The molecule has 1 aromatic carbocycles. The smallest absolute Gasteiger partial charge is 0.311 e. The van der Waals surface area contributed by atoms with Crippen molar-refractivity contribution < 1.29 is 14.3 Å². The Balaban J connectivity index is 1.92. The van der Waals surface area contributed by atoms with Gasteiger partial charge in [0.25, 0.3) is 5.91 Å². The predicted molar refractivity (Wildman–Crippen MR) is 84.3 cm³/mol. The minimum Gasteiger partial charge on any atom is -0.427 e. The fourth-order valence-electron chi connectivity index (χ4n) is 2.35. The molecule has 0 saturated carbocycles. The largest absolute Gasteiger partial charge is 0.427 e. The van der Waals surface area contributed by atoms with Crippen LogP contribution in [0.4, 0.5) is 5.69 Å². The number of rotatable bonds is 4. The minimum atomic E-state index is -0.269. The molecule has 0 spiro atoms. The summed E-state index contributed by atoms with van der Waals surface area (Å²) in [6.07, 6.45) is 4.68. The molecular weight excluding hydrogens is 280 g/mol. The molecule has 5 nitrogen and oxygen atoms in total. The van der Waals surface area contributed by atoms with Crippen molar-refractivity contribution in [3.8, 4) is 5.75 Å². The molecule has 112 valence electrons. The van der Waals surface area contributed by atoms with Crippen LogP contribution in [-0.4, -0.2) is 16.9 Å². The molecular formula is C17H16N2O3. The van der Waals surface area contributed by atoms with Crippen LogP contribution >= 0.6 is 0 Å². The standard InChI is InChI=1S/C17H16N2O3/c1-2-4-16(20)22-12-6-7-15-13(10-12)14(17(21)19-15)9-11-5-3-8-18-11/h3,5-10,18H,2,4H2,1H3,(H,19,21). The van der Waals surface area contributed by atoms with Gasteiger partial charge in [-0.05, 0) is 42.8 Å². The molecule has 0 atom stereocenters. The monoisotopic (exact) mass is 296 g/mol. The summed E-state index contributed by atoms with van der Waals surface area (Å²) >= 11 is 0. The van der Waals surface area contributed by atoms with Crippen LogP contribution in [-0.2, 0) is 9.59 Å². The lowest BCUT2D eigenvalue weighted by Crippen LogP contribution is -2.06. The van der Waals surface area contributed by atoms with E-state index in [-0.39, 0.29) is 11.9 Å². The Bertz CT molecular complexity index is 745. The van der Waals surface area contributed by atoms with Gasteiger partial charge in [0.2, 0.25) is 0 Å². The number of benzene rings is 1. The van der Waals surface area contributed by atoms with E-state index in [9.17, 15) is 9.59 Å². The quantitative estimate of drug-likeness (QED) is 0.517. The zero-order valence-electron chi connectivity index (χ0n) is 12.2. The maximum Gasteiger partial charge on any atom is 0.311 e.